The van der Waals surface area contributed by atoms with Crippen LogP contribution in [0, 0.1) is 0 Å². The van der Waals surface area contributed by atoms with Crippen LogP contribution >= 0.6 is 11.6 Å². The zero-order valence-corrected chi connectivity index (χ0v) is 9.26. The average molecular weight is 256 g/mol. The van der Waals surface area contributed by atoms with Gasteiger partial charge in [0.1, 0.15) is 5.15 Å². The highest BCUT2D eigenvalue weighted by Crippen LogP contribution is 2.29. The quantitative estimate of drug-likeness (QED) is 0.572. The molecule has 1 aromatic heterocycles. The molecule has 0 aliphatic heterocycles. The van der Waals surface area contributed by atoms with Crippen LogP contribution < -0.4 is 0 Å². The summed E-state index contributed by atoms with van der Waals surface area (Å²) in [6.07, 6.45) is -3.70. The summed E-state index contributed by atoms with van der Waals surface area (Å²) in [5.74, 6) is 0. The normalized spacial score (nSPS) is 10.4. The Hall–Kier alpha value is -1.14. The van der Waals surface area contributed by atoms with E-state index in [1.165, 1.54) is 0 Å². The molecule has 0 atom stereocenters. The van der Waals surface area contributed by atoms with Crippen molar-refractivity contribution in [1.29, 1.82) is 0 Å². The lowest BCUT2D eigenvalue weighted by atomic mass is 10.2. The first kappa shape index (κ1) is 14.9. The highest BCUT2D eigenvalue weighted by atomic mass is 35.5. The molecule has 1 aromatic rings. The smallest absolute Gasteiger partial charge is 0.388 e. The minimum atomic E-state index is -4.50. The Kier molecular flexibility index (Phi) is 5.98. The number of alkyl halides is 3. The second-order valence-electron chi connectivity index (χ2n) is 2.63. The lowest BCUT2D eigenvalue weighted by Gasteiger charge is -2.06. The Balaban J connectivity index is 0.000000673. The van der Waals surface area contributed by atoms with Crippen molar-refractivity contribution in [3.05, 3.63) is 28.5 Å². The van der Waals surface area contributed by atoms with Crippen LogP contribution in [0.1, 0.15) is 15.9 Å². The van der Waals surface area contributed by atoms with Gasteiger partial charge in [0.2, 0.25) is 0 Å². The van der Waals surface area contributed by atoms with Crippen LogP contribution in [0.5, 0.6) is 0 Å². The molecule has 0 aliphatic rings. The number of halogens is 4. The molecule has 3 nitrogen and oxygen atoms in total. The minimum Gasteiger partial charge on any atom is -0.388 e. The molecule has 0 bridgehead atoms. The number of methoxy groups -OCH3 is 1. The molecule has 7 heteroatoms. The molecule has 0 fully saturated rings. The van der Waals surface area contributed by atoms with Gasteiger partial charge in [-0.05, 0) is 6.07 Å². The van der Waals surface area contributed by atoms with E-state index in [0.29, 0.717) is 12.3 Å². The first-order valence-corrected chi connectivity index (χ1v) is 4.32. The van der Waals surface area contributed by atoms with E-state index in [0.717, 1.165) is 0 Å². The van der Waals surface area contributed by atoms with Gasteiger partial charge in [-0.3, -0.25) is 4.79 Å². The van der Waals surface area contributed by atoms with Crippen LogP contribution in [0.15, 0.2) is 12.3 Å². The molecule has 1 heterocycles. The summed E-state index contributed by atoms with van der Waals surface area (Å²) in [6.45, 7) is 0. The van der Waals surface area contributed by atoms with Crippen molar-refractivity contribution in [2.45, 2.75) is 6.18 Å². The molecule has 0 unspecified atom stereocenters. The van der Waals surface area contributed by atoms with Gasteiger partial charge in [-0.2, -0.15) is 13.2 Å². The molecule has 0 saturated heterocycles. The number of aldehydes is 1. The summed E-state index contributed by atoms with van der Waals surface area (Å²) < 4.78 is 40.4. The van der Waals surface area contributed by atoms with Gasteiger partial charge in [0, 0.05) is 20.4 Å². The number of carbonyl (C=O) groups is 1. The molecule has 90 valence electrons. The predicted octanol–water partition coefficient (Wildman–Crippen LogP) is 2.83. The summed E-state index contributed by atoms with van der Waals surface area (Å²) in [6, 6.07) is 0.655. The van der Waals surface area contributed by atoms with Gasteiger partial charge in [0.05, 0.1) is 11.1 Å². The van der Waals surface area contributed by atoms with Gasteiger partial charge < -0.3 is 4.74 Å². The predicted molar refractivity (Wildman–Crippen MR) is 52.6 cm³/mol. The largest absolute Gasteiger partial charge is 0.417 e. The second-order valence-corrected chi connectivity index (χ2v) is 2.99. The average Bonchev–Trinajstić information content (AvgIpc) is 2.18. The van der Waals surface area contributed by atoms with E-state index in [1.54, 1.807) is 14.2 Å². The van der Waals surface area contributed by atoms with E-state index in [4.69, 9.17) is 11.6 Å². The fraction of sp³-hybridized carbons (Fsp3) is 0.333. The molecule has 0 spiro atoms. The summed E-state index contributed by atoms with van der Waals surface area (Å²) in [7, 11) is 3.25. The van der Waals surface area contributed by atoms with Gasteiger partial charge in [-0.25, -0.2) is 4.98 Å². The third-order valence-electron chi connectivity index (χ3n) is 1.32. The number of pyridine rings is 1. The first-order valence-electron chi connectivity index (χ1n) is 3.94. The standard InChI is InChI=1S/C7H3ClF3NO.C2H6O/c8-6-4(3-13)1-5(2-12-6)7(9,10)11;1-3-2/h1-3H;1-2H3. The maximum Gasteiger partial charge on any atom is 0.417 e. The lowest BCUT2D eigenvalue weighted by Crippen LogP contribution is -2.06. The summed E-state index contributed by atoms with van der Waals surface area (Å²) >= 11 is 5.34. The van der Waals surface area contributed by atoms with Crippen LogP contribution in [0.2, 0.25) is 5.15 Å². The third-order valence-corrected chi connectivity index (χ3v) is 1.64. The maximum absolute atomic E-state index is 12.0. The van der Waals surface area contributed by atoms with Crippen molar-refractivity contribution < 1.29 is 22.7 Å². The van der Waals surface area contributed by atoms with Gasteiger partial charge in [0.15, 0.2) is 6.29 Å². The highest BCUT2D eigenvalue weighted by Gasteiger charge is 2.31. The van der Waals surface area contributed by atoms with Crippen molar-refractivity contribution in [3.8, 4) is 0 Å². The van der Waals surface area contributed by atoms with Gasteiger partial charge in [-0.15, -0.1) is 0 Å². The monoisotopic (exact) mass is 255 g/mol. The first-order chi connectivity index (χ1) is 7.36. The van der Waals surface area contributed by atoms with E-state index < -0.39 is 11.7 Å². The van der Waals surface area contributed by atoms with Crippen molar-refractivity contribution >= 4 is 17.9 Å². The lowest BCUT2D eigenvalue weighted by molar-refractivity contribution is -0.137. The molecule has 16 heavy (non-hydrogen) atoms. The fourth-order valence-corrected chi connectivity index (χ4v) is 0.851. The maximum atomic E-state index is 12.0. The Labute approximate surface area is 95.2 Å². The van der Waals surface area contributed by atoms with Gasteiger partial charge in [0.25, 0.3) is 0 Å². The molecule has 0 aromatic carbocycles. The van der Waals surface area contributed by atoms with Crippen LogP contribution in [0.25, 0.3) is 0 Å². The number of hydrogen-bond donors (Lipinski definition) is 0. The molecule has 0 amide bonds. The Morgan fingerprint density at radius 2 is 1.94 bits per heavy atom. The van der Waals surface area contributed by atoms with Gasteiger partial charge >= 0.3 is 6.18 Å². The molecule has 1 rings (SSSR count). The summed E-state index contributed by atoms with van der Waals surface area (Å²) in [4.78, 5) is 13.4. The SMILES string of the molecule is COC.O=Cc1cc(C(F)(F)F)cnc1Cl. The highest BCUT2D eigenvalue weighted by molar-refractivity contribution is 6.31. The van der Waals surface area contributed by atoms with E-state index in [-0.39, 0.29) is 17.0 Å². The molecule has 0 radical (unpaired) electrons. The summed E-state index contributed by atoms with van der Waals surface area (Å²) in [5.41, 5.74) is -1.25. The van der Waals surface area contributed by atoms with Crippen LogP contribution in [-0.2, 0) is 10.9 Å². The van der Waals surface area contributed by atoms with E-state index in [9.17, 15) is 18.0 Å². The van der Waals surface area contributed by atoms with Crippen LogP contribution in [-0.4, -0.2) is 25.5 Å². The zero-order valence-electron chi connectivity index (χ0n) is 8.51. The number of rotatable bonds is 1. The number of aromatic nitrogens is 1. The fourth-order valence-electron chi connectivity index (χ4n) is 0.703. The van der Waals surface area contributed by atoms with E-state index in [2.05, 4.69) is 9.72 Å². The minimum absolute atomic E-state index is 0.227. The Bertz CT molecular complexity index is 355. The van der Waals surface area contributed by atoms with Crippen LogP contribution in [0.4, 0.5) is 13.2 Å². The molecule has 0 aliphatic carbocycles. The number of carbonyl (C=O) groups excluding carboxylic acids is 1. The Morgan fingerprint density at radius 1 is 1.44 bits per heavy atom. The topological polar surface area (TPSA) is 39.2 Å². The number of nitrogens with zero attached hydrogens (tertiary/aromatic N) is 1. The van der Waals surface area contributed by atoms with E-state index in [1.807, 2.05) is 0 Å². The number of hydrogen-bond acceptors (Lipinski definition) is 3. The summed E-state index contributed by atoms with van der Waals surface area (Å²) in [5, 5.41) is -0.233. The zero-order chi connectivity index (χ0) is 12.8. The van der Waals surface area contributed by atoms with Crippen molar-refractivity contribution in [3.63, 3.8) is 0 Å². The number of ether oxygens (including phenoxy) is 1. The molecular formula is C9H9ClF3NO2. The molecular weight excluding hydrogens is 247 g/mol. The van der Waals surface area contributed by atoms with Gasteiger partial charge in [-0.1, -0.05) is 11.6 Å². The van der Waals surface area contributed by atoms with Crippen LogP contribution in [0.3, 0.4) is 0 Å². The molecule has 0 saturated carbocycles. The molecule has 0 N–H and O–H groups in total. The van der Waals surface area contributed by atoms with Crippen molar-refractivity contribution in [1.82, 2.24) is 4.98 Å². The van der Waals surface area contributed by atoms with Crippen molar-refractivity contribution in [2.75, 3.05) is 14.2 Å². The van der Waals surface area contributed by atoms with Crippen molar-refractivity contribution in [2.24, 2.45) is 0 Å². The Morgan fingerprint density at radius 3 is 2.31 bits per heavy atom. The second kappa shape index (κ2) is 6.44. The third kappa shape index (κ3) is 4.59. The van der Waals surface area contributed by atoms with E-state index >= 15 is 0 Å².